The van der Waals surface area contributed by atoms with E-state index in [2.05, 4.69) is 23.3 Å². The lowest BCUT2D eigenvalue weighted by atomic mass is 10.2. The van der Waals surface area contributed by atoms with E-state index in [0.717, 1.165) is 24.5 Å². The predicted molar refractivity (Wildman–Crippen MR) is 83.8 cm³/mol. The summed E-state index contributed by atoms with van der Waals surface area (Å²) in [6.07, 6.45) is 0. The van der Waals surface area contributed by atoms with E-state index >= 15 is 0 Å². The fraction of sp³-hybridized carbons (Fsp3) is 0.353. The zero-order chi connectivity index (χ0) is 14.9. The summed E-state index contributed by atoms with van der Waals surface area (Å²) in [4.78, 5) is 4.38. The lowest BCUT2D eigenvalue weighted by Gasteiger charge is -2.10. The quantitative estimate of drug-likeness (QED) is 0.758. The highest BCUT2D eigenvalue weighted by atomic mass is 16.5. The highest BCUT2D eigenvalue weighted by molar-refractivity contribution is 5.24. The van der Waals surface area contributed by atoms with Gasteiger partial charge in [-0.2, -0.15) is 0 Å². The molecule has 21 heavy (non-hydrogen) atoms. The van der Waals surface area contributed by atoms with Gasteiger partial charge < -0.3 is 14.8 Å². The fourth-order valence-electron chi connectivity index (χ4n) is 1.97. The van der Waals surface area contributed by atoms with Crippen molar-refractivity contribution in [3.63, 3.8) is 0 Å². The van der Waals surface area contributed by atoms with Crippen LogP contribution in [-0.2, 0) is 6.54 Å². The first kappa shape index (κ1) is 15.3. The first-order valence-electron chi connectivity index (χ1n) is 7.27. The van der Waals surface area contributed by atoms with Crippen LogP contribution < -0.4 is 14.8 Å². The van der Waals surface area contributed by atoms with Crippen LogP contribution in [0.2, 0.25) is 0 Å². The molecule has 0 bridgehead atoms. The Morgan fingerprint density at radius 3 is 2.57 bits per heavy atom. The second kappa shape index (κ2) is 8.27. The largest absolute Gasteiger partial charge is 0.490 e. The Labute approximate surface area is 126 Å². The van der Waals surface area contributed by atoms with Crippen molar-refractivity contribution in [1.82, 2.24) is 10.3 Å². The molecular weight excluding hydrogens is 264 g/mol. The van der Waals surface area contributed by atoms with Gasteiger partial charge in [0.05, 0.1) is 0 Å². The van der Waals surface area contributed by atoms with E-state index in [-0.39, 0.29) is 0 Å². The SMILES string of the molecule is CCNCc1cc(C)nc(OCCOc2ccccc2)c1. The Bertz CT molecular complexity index is 544. The Hall–Kier alpha value is -2.07. The van der Waals surface area contributed by atoms with Crippen LogP contribution in [0, 0.1) is 6.92 Å². The highest BCUT2D eigenvalue weighted by Crippen LogP contribution is 2.13. The average molecular weight is 286 g/mol. The van der Waals surface area contributed by atoms with Crippen molar-refractivity contribution in [2.45, 2.75) is 20.4 Å². The van der Waals surface area contributed by atoms with Crippen LogP contribution in [0.25, 0.3) is 0 Å². The van der Waals surface area contributed by atoms with E-state index in [1.165, 1.54) is 5.56 Å². The third-order valence-electron chi connectivity index (χ3n) is 2.91. The maximum Gasteiger partial charge on any atom is 0.213 e. The summed E-state index contributed by atoms with van der Waals surface area (Å²) in [5.41, 5.74) is 2.15. The van der Waals surface area contributed by atoms with E-state index in [0.29, 0.717) is 19.1 Å². The number of aromatic nitrogens is 1. The second-order valence-corrected chi connectivity index (χ2v) is 4.75. The number of hydrogen-bond donors (Lipinski definition) is 1. The standard InChI is InChI=1S/C17H22N2O2/c1-3-18-13-15-11-14(2)19-17(12-15)21-10-9-20-16-7-5-4-6-8-16/h4-8,11-12,18H,3,9-10,13H2,1-2H3. The van der Waals surface area contributed by atoms with E-state index < -0.39 is 0 Å². The number of ether oxygens (including phenoxy) is 2. The molecule has 0 aliphatic carbocycles. The maximum atomic E-state index is 5.67. The summed E-state index contributed by atoms with van der Waals surface area (Å²) in [6.45, 7) is 6.82. The summed E-state index contributed by atoms with van der Waals surface area (Å²) in [5.74, 6) is 1.51. The molecule has 2 rings (SSSR count). The number of hydrogen-bond acceptors (Lipinski definition) is 4. The molecule has 0 atom stereocenters. The normalized spacial score (nSPS) is 10.4. The molecule has 0 aliphatic rings. The Morgan fingerprint density at radius 1 is 1.05 bits per heavy atom. The van der Waals surface area contributed by atoms with Crippen LogP contribution >= 0.6 is 0 Å². The molecule has 0 aliphatic heterocycles. The number of pyridine rings is 1. The van der Waals surface area contributed by atoms with Crippen molar-refractivity contribution < 1.29 is 9.47 Å². The lowest BCUT2D eigenvalue weighted by molar-refractivity contribution is 0.211. The highest BCUT2D eigenvalue weighted by Gasteiger charge is 2.01. The summed E-state index contributed by atoms with van der Waals surface area (Å²) in [5, 5.41) is 3.30. The zero-order valence-electron chi connectivity index (χ0n) is 12.6. The van der Waals surface area contributed by atoms with Crippen molar-refractivity contribution >= 4 is 0 Å². The number of benzene rings is 1. The molecule has 2 aromatic rings. The van der Waals surface area contributed by atoms with Gasteiger partial charge in [-0.15, -0.1) is 0 Å². The maximum absolute atomic E-state index is 5.67. The van der Waals surface area contributed by atoms with Crippen LogP contribution in [0.1, 0.15) is 18.2 Å². The number of nitrogens with zero attached hydrogens (tertiary/aromatic N) is 1. The minimum absolute atomic E-state index is 0.478. The van der Waals surface area contributed by atoms with Gasteiger partial charge in [-0.25, -0.2) is 4.98 Å². The molecule has 0 spiro atoms. The van der Waals surface area contributed by atoms with Crippen LogP contribution in [0.15, 0.2) is 42.5 Å². The minimum Gasteiger partial charge on any atom is -0.490 e. The summed E-state index contributed by atoms with van der Waals surface area (Å²) in [6, 6.07) is 13.8. The number of aryl methyl sites for hydroxylation is 1. The molecule has 0 amide bonds. The van der Waals surface area contributed by atoms with E-state index in [1.54, 1.807) is 0 Å². The first-order valence-corrected chi connectivity index (χ1v) is 7.27. The van der Waals surface area contributed by atoms with Gasteiger partial charge in [0.2, 0.25) is 5.88 Å². The van der Waals surface area contributed by atoms with Gasteiger partial charge in [-0.1, -0.05) is 25.1 Å². The molecule has 1 N–H and O–H groups in total. The molecule has 0 saturated heterocycles. The predicted octanol–water partition coefficient (Wildman–Crippen LogP) is 2.96. The number of rotatable bonds is 8. The first-order chi connectivity index (χ1) is 10.3. The van der Waals surface area contributed by atoms with Gasteiger partial charge in [0, 0.05) is 18.3 Å². The molecule has 112 valence electrons. The fourth-order valence-corrected chi connectivity index (χ4v) is 1.97. The van der Waals surface area contributed by atoms with E-state index in [4.69, 9.17) is 9.47 Å². The Morgan fingerprint density at radius 2 is 1.81 bits per heavy atom. The van der Waals surface area contributed by atoms with Crippen LogP contribution in [0.5, 0.6) is 11.6 Å². The van der Waals surface area contributed by atoms with Crippen molar-refractivity contribution in [2.75, 3.05) is 19.8 Å². The number of para-hydroxylation sites is 1. The molecule has 1 heterocycles. The monoisotopic (exact) mass is 286 g/mol. The topological polar surface area (TPSA) is 43.4 Å². The minimum atomic E-state index is 0.478. The van der Waals surface area contributed by atoms with Crippen molar-refractivity contribution in [3.05, 3.63) is 53.7 Å². The van der Waals surface area contributed by atoms with Gasteiger partial charge in [0.15, 0.2) is 0 Å². The van der Waals surface area contributed by atoms with Gasteiger partial charge in [-0.3, -0.25) is 0 Å². The van der Waals surface area contributed by atoms with Gasteiger partial charge >= 0.3 is 0 Å². The zero-order valence-corrected chi connectivity index (χ0v) is 12.6. The molecule has 0 fully saturated rings. The molecule has 1 aromatic carbocycles. The van der Waals surface area contributed by atoms with Gasteiger partial charge in [-0.05, 0) is 37.2 Å². The Balaban J connectivity index is 1.81. The molecule has 4 heteroatoms. The molecular formula is C17H22N2O2. The number of nitrogens with one attached hydrogen (secondary N) is 1. The smallest absolute Gasteiger partial charge is 0.213 e. The molecule has 4 nitrogen and oxygen atoms in total. The van der Waals surface area contributed by atoms with Crippen LogP contribution in [0.3, 0.4) is 0 Å². The Kier molecular flexibility index (Phi) is 6.03. The third-order valence-corrected chi connectivity index (χ3v) is 2.91. The van der Waals surface area contributed by atoms with Crippen molar-refractivity contribution in [2.24, 2.45) is 0 Å². The molecule has 0 unspecified atom stereocenters. The van der Waals surface area contributed by atoms with E-state index in [1.807, 2.05) is 43.3 Å². The third kappa shape index (κ3) is 5.44. The van der Waals surface area contributed by atoms with E-state index in [9.17, 15) is 0 Å². The van der Waals surface area contributed by atoms with Crippen molar-refractivity contribution in [1.29, 1.82) is 0 Å². The van der Waals surface area contributed by atoms with Gasteiger partial charge in [0.25, 0.3) is 0 Å². The second-order valence-electron chi connectivity index (χ2n) is 4.75. The average Bonchev–Trinajstić information content (AvgIpc) is 2.50. The van der Waals surface area contributed by atoms with Gasteiger partial charge in [0.1, 0.15) is 19.0 Å². The summed E-state index contributed by atoms with van der Waals surface area (Å²) in [7, 11) is 0. The summed E-state index contributed by atoms with van der Waals surface area (Å²) >= 11 is 0. The molecule has 0 saturated carbocycles. The van der Waals surface area contributed by atoms with Crippen LogP contribution in [-0.4, -0.2) is 24.7 Å². The molecule has 1 aromatic heterocycles. The summed E-state index contributed by atoms with van der Waals surface area (Å²) < 4.78 is 11.3. The van der Waals surface area contributed by atoms with Crippen LogP contribution in [0.4, 0.5) is 0 Å². The molecule has 0 radical (unpaired) electrons. The lowest BCUT2D eigenvalue weighted by Crippen LogP contribution is -2.13. The van der Waals surface area contributed by atoms with Crippen molar-refractivity contribution in [3.8, 4) is 11.6 Å².